The molecule has 6 nitrogen and oxygen atoms in total. The molecule has 1 aliphatic heterocycles. The van der Waals surface area contributed by atoms with Crippen LogP contribution in [0.4, 0.5) is 5.69 Å². The van der Waals surface area contributed by atoms with E-state index in [9.17, 15) is 9.59 Å². The van der Waals surface area contributed by atoms with E-state index in [1.165, 1.54) is 17.5 Å². The van der Waals surface area contributed by atoms with Crippen molar-refractivity contribution in [1.82, 2.24) is 10.3 Å². The number of nitrogens with one attached hydrogen (secondary N) is 1. The fourth-order valence-corrected chi connectivity index (χ4v) is 3.83. The van der Waals surface area contributed by atoms with Gasteiger partial charge in [0.2, 0.25) is 17.7 Å². The van der Waals surface area contributed by atoms with Crippen molar-refractivity contribution < 1.29 is 14.3 Å². The number of hydrogen-bond acceptors (Lipinski definition) is 4. The summed E-state index contributed by atoms with van der Waals surface area (Å²) in [6.45, 7) is 0.823. The number of carbonyl (C=O) groups is 2. The van der Waals surface area contributed by atoms with Crippen LogP contribution in [0, 0.1) is 5.92 Å². The lowest BCUT2D eigenvalue weighted by Crippen LogP contribution is -2.32. The lowest BCUT2D eigenvalue weighted by molar-refractivity contribution is -0.126. The van der Waals surface area contributed by atoms with Crippen LogP contribution in [0.25, 0.3) is 0 Å². The normalized spacial score (nSPS) is 18.5. The van der Waals surface area contributed by atoms with Gasteiger partial charge in [-0.15, -0.1) is 0 Å². The lowest BCUT2D eigenvalue weighted by atomic mass is 10.1. The van der Waals surface area contributed by atoms with Crippen molar-refractivity contribution in [3.8, 4) is 5.88 Å². The second-order valence-electron chi connectivity index (χ2n) is 7.14. The Morgan fingerprint density at radius 2 is 2.11 bits per heavy atom. The maximum atomic E-state index is 12.5. The van der Waals surface area contributed by atoms with Crippen molar-refractivity contribution in [3.63, 3.8) is 0 Å². The van der Waals surface area contributed by atoms with Crippen LogP contribution in [0.1, 0.15) is 29.5 Å². The highest BCUT2D eigenvalue weighted by atomic mass is 16.5. The van der Waals surface area contributed by atoms with Crippen LogP contribution in [0.5, 0.6) is 5.88 Å². The smallest absolute Gasteiger partial charge is 0.227 e. The Hall–Kier alpha value is -2.89. The SMILES string of the molecule is COc1ccc(CNC(=O)[C@@H]2CC(=O)N(c3ccc4c(c3)CCC4)C2)cn1. The number of nitrogens with zero attached hydrogens (tertiary/aromatic N) is 2. The number of pyridine rings is 1. The van der Waals surface area contributed by atoms with Gasteiger partial charge in [-0.05, 0) is 48.1 Å². The van der Waals surface area contributed by atoms with E-state index < -0.39 is 0 Å². The minimum absolute atomic E-state index is 0.0132. The summed E-state index contributed by atoms with van der Waals surface area (Å²) in [5, 5.41) is 2.91. The Labute approximate surface area is 158 Å². The number of hydrogen-bond donors (Lipinski definition) is 1. The Morgan fingerprint density at radius 1 is 1.26 bits per heavy atom. The van der Waals surface area contributed by atoms with E-state index in [0.717, 1.165) is 24.1 Å². The van der Waals surface area contributed by atoms with Crippen LogP contribution in [0.15, 0.2) is 36.5 Å². The van der Waals surface area contributed by atoms with E-state index in [2.05, 4.69) is 22.4 Å². The molecule has 1 aliphatic carbocycles. The highest BCUT2D eigenvalue weighted by Crippen LogP contribution is 2.30. The lowest BCUT2D eigenvalue weighted by Gasteiger charge is -2.18. The third kappa shape index (κ3) is 3.65. The maximum Gasteiger partial charge on any atom is 0.227 e. The molecular formula is C21H23N3O3. The number of fused-ring (bicyclic) bond motifs is 1. The first kappa shape index (κ1) is 17.5. The zero-order valence-electron chi connectivity index (χ0n) is 15.4. The van der Waals surface area contributed by atoms with Gasteiger partial charge in [0.15, 0.2) is 0 Å². The van der Waals surface area contributed by atoms with E-state index >= 15 is 0 Å². The molecule has 0 spiro atoms. The molecule has 0 saturated carbocycles. The van der Waals surface area contributed by atoms with Gasteiger partial charge < -0.3 is 15.0 Å². The number of carbonyl (C=O) groups excluding carboxylic acids is 2. The average molecular weight is 365 g/mol. The molecule has 0 unspecified atom stereocenters. The number of methoxy groups -OCH3 is 1. The summed E-state index contributed by atoms with van der Waals surface area (Å²) in [6, 6.07) is 9.86. The number of rotatable bonds is 5. The molecule has 1 fully saturated rings. The summed E-state index contributed by atoms with van der Waals surface area (Å²) in [4.78, 5) is 30.8. The zero-order chi connectivity index (χ0) is 18.8. The molecular weight excluding hydrogens is 342 g/mol. The molecule has 2 aromatic rings. The van der Waals surface area contributed by atoms with E-state index in [4.69, 9.17) is 4.74 Å². The largest absolute Gasteiger partial charge is 0.481 e. The first-order valence-corrected chi connectivity index (χ1v) is 9.33. The Balaban J connectivity index is 1.37. The minimum Gasteiger partial charge on any atom is -0.481 e. The van der Waals surface area contributed by atoms with Crippen molar-refractivity contribution >= 4 is 17.5 Å². The number of aromatic nitrogens is 1. The van der Waals surface area contributed by atoms with Crippen LogP contribution in [0.3, 0.4) is 0 Å². The van der Waals surface area contributed by atoms with Crippen molar-refractivity contribution in [2.24, 2.45) is 5.92 Å². The van der Waals surface area contributed by atoms with E-state index in [1.807, 2.05) is 12.1 Å². The molecule has 4 rings (SSSR count). The van der Waals surface area contributed by atoms with Crippen LogP contribution >= 0.6 is 0 Å². The summed E-state index contributed by atoms with van der Waals surface area (Å²) in [5.41, 5.74) is 4.52. The quantitative estimate of drug-likeness (QED) is 0.882. The van der Waals surface area contributed by atoms with Crippen molar-refractivity contribution in [1.29, 1.82) is 0 Å². The molecule has 1 saturated heterocycles. The summed E-state index contributed by atoms with van der Waals surface area (Å²) in [7, 11) is 1.56. The van der Waals surface area contributed by atoms with Gasteiger partial charge >= 0.3 is 0 Å². The van der Waals surface area contributed by atoms with Crippen molar-refractivity contribution in [2.75, 3.05) is 18.6 Å². The van der Waals surface area contributed by atoms with Gasteiger partial charge in [0, 0.05) is 37.5 Å². The van der Waals surface area contributed by atoms with Crippen LogP contribution in [-0.4, -0.2) is 30.5 Å². The second-order valence-corrected chi connectivity index (χ2v) is 7.14. The molecule has 1 aromatic carbocycles. The fourth-order valence-electron chi connectivity index (χ4n) is 3.83. The molecule has 1 N–H and O–H groups in total. The first-order chi connectivity index (χ1) is 13.1. The molecule has 27 heavy (non-hydrogen) atoms. The molecule has 0 bridgehead atoms. The molecule has 1 atom stereocenters. The Morgan fingerprint density at radius 3 is 2.89 bits per heavy atom. The van der Waals surface area contributed by atoms with E-state index in [1.54, 1.807) is 24.3 Å². The summed E-state index contributed by atoms with van der Waals surface area (Å²) >= 11 is 0. The summed E-state index contributed by atoms with van der Waals surface area (Å²) < 4.78 is 5.03. The summed E-state index contributed by atoms with van der Waals surface area (Å²) in [5.74, 6) is 0.135. The number of anilines is 1. The number of ether oxygens (including phenoxy) is 1. The van der Waals surface area contributed by atoms with Gasteiger partial charge in [-0.2, -0.15) is 0 Å². The molecule has 140 valence electrons. The Bertz CT molecular complexity index is 863. The van der Waals surface area contributed by atoms with Gasteiger partial charge in [-0.3, -0.25) is 9.59 Å². The zero-order valence-corrected chi connectivity index (χ0v) is 15.4. The average Bonchev–Trinajstić information content (AvgIpc) is 3.32. The Kier molecular flexibility index (Phi) is 4.79. The van der Waals surface area contributed by atoms with Gasteiger partial charge in [0.05, 0.1) is 13.0 Å². The summed E-state index contributed by atoms with van der Waals surface area (Å²) in [6.07, 6.45) is 5.30. The van der Waals surface area contributed by atoms with Gasteiger partial charge in [-0.25, -0.2) is 4.98 Å². The molecule has 1 aromatic heterocycles. The molecule has 0 radical (unpaired) electrons. The van der Waals surface area contributed by atoms with Crippen molar-refractivity contribution in [3.05, 3.63) is 53.2 Å². The fraction of sp³-hybridized carbons (Fsp3) is 0.381. The predicted octanol–water partition coefficient (Wildman–Crippen LogP) is 2.25. The molecule has 2 amide bonds. The monoisotopic (exact) mass is 365 g/mol. The van der Waals surface area contributed by atoms with Crippen LogP contribution in [-0.2, 0) is 29.0 Å². The molecule has 2 heterocycles. The van der Waals surface area contributed by atoms with Crippen molar-refractivity contribution in [2.45, 2.75) is 32.2 Å². The molecule has 6 heteroatoms. The van der Waals surface area contributed by atoms with Gasteiger partial charge in [0.1, 0.15) is 0 Å². The highest BCUT2D eigenvalue weighted by Gasteiger charge is 2.35. The predicted molar refractivity (Wildman–Crippen MR) is 102 cm³/mol. The third-order valence-electron chi connectivity index (χ3n) is 5.36. The van der Waals surface area contributed by atoms with Crippen LogP contribution in [0.2, 0.25) is 0 Å². The second kappa shape index (κ2) is 7.39. The van der Waals surface area contributed by atoms with Gasteiger partial charge in [0.25, 0.3) is 0 Å². The number of benzene rings is 1. The topological polar surface area (TPSA) is 71.5 Å². The maximum absolute atomic E-state index is 12.5. The standard InChI is InChI=1S/C21H23N3O3/c1-27-19-8-5-14(11-22-19)12-23-21(26)17-10-20(25)24(13-17)18-7-6-15-3-2-4-16(15)9-18/h5-9,11,17H,2-4,10,12-13H2,1H3,(H,23,26)/t17-/m1/s1. The molecule has 2 aliphatic rings. The van der Waals surface area contributed by atoms with E-state index in [-0.39, 0.29) is 24.2 Å². The van der Waals surface area contributed by atoms with E-state index in [0.29, 0.717) is 19.0 Å². The number of aryl methyl sites for hydroxylation is 2. The third-order valence-corrected chi connectivity index (χ3v) is 5.36. The first-order valence-electron chi connectivity index (χ1n) is 9.33. The minimum atomic E-state index is -0.322. The highest BCUT2D eigenvalue weighted by molar-refractivity contribution is 6.00. The number of amides is 2. The van der Waals surface area contributed by atoms with Gasteiger partial charge in [-0.1, -0.05) is 12.1 Å². The van der Waals surface area contributed by atoms with Crippen LogP contribution < -0.4 is 15.0 Å².